The number of rotatable bonds is 7. The number of hydrogen-bond donors (Lipinski definition) is 0. The Morgan fingerprint density at radius 3 is 2.23 bits per heavy atom. The molecule has 0 aliphatic heterocycles. The quantitative estimate of drug-likeness (QED) is 0.601. The maximum atomic E-state index is 13.6. The molecule has 2 rings (SSSR count). The van der Waals surface area contributed by atoms with Crippen LogP contribution >= 0.6 is 0 Å². The second kappa shape index (κ2) is 8.76. The molecule has 0 amide bonds. The fraction of sp³-hybridized carbons (Fsp3) is 0.478. The molecule has 0 radical (unpaired) electrons. The van der Waals surface area contributed by atoms with E-state index < -0.39 is 9.84 Å². The van der Waals surface area contributed by atoms with E-state index in [9.17, 15) is 13.2 Å². The van der Waals surface area contributed by atoms with Gasteiger partial charge in [0, 0.05) is 18.9 Å². The van der Waals surface area contributed by atoms with Crippen LogP contribution in [0.4, 0.5) is 0 Å². The van der Waals surface area contributed by atoms with Gasteiger partial charge in [0.15, 0.2) is 9.84 Å². The highest BCUT2D eigenvalue weighted by molar-refractivity contribution is 7.90. The molecule has 0 fully saturated rings. The molecule has 0 saturated heterocycles. The first-order chi connectivity index (χ1) is 13.8. The largest absolute Gasteiger partial charge is 0.477 e. The van der Waals surface area contributed by atoms with Crippen molar-refractivity contribution in [1.29, 1.82) is 0 Å². The minimum atomic E-state index is -3.46. The van der Waals surface area contributed by atoms with Gasteiger partial charge in [-0.25, -0.2) is 13.1 Å². The lowest BCUT2D eigenvalue weighted by Crippen LogP contribution is -2.13. The number of carbonyl (C=O) groups is 1. The van der Waals surface area contributed by atoms with Crippen LogP contribution in [0, 0.1) is 19.8 Å². The zero-order valence-corrected chi connectivity index (χ0v) is 20.2. The summed E-state index contributed by atoms with van der Waals surface area (Å²) in [5.41, 5.74) is 4.51. The predicted octanol–water partition coefficient (Wildman–Crippen LogP) is 4.52. The van der Waals surface area contributed by atoms with Crippen molar-refractivity contribution >= 4 is 21.2 Å². The highest BCUT2D eigenvalue weighted by atomic mass is 32.2. The lowest BCUT2D eigenvalue weighted by molar-refractivity contribution is 0.103. The van der Waals surface area contributed by atoms with Crippen LogP contribution in [-0.4, -0.2) is 36.8 Å². The van der Waals surface area contributed by atoms with Crippen molar-refractivity contribution in [3.8, 4) is 5.88 Å². The summed E-state index contributed by atoms with van der Waals surface area (Å²) in [6, 6.07) is 3.12. The van der Waals surface area contributed by atoms with Gasteiger partial charge in [-0.2, -0.15) is 5.10 Å². The average molecular weight is 433 g/mol. The summed E-state index contributed by atoms with van der Waals surface area (Å²) in [6.07, 6.45) is 1.19. The molecule has 0 spiro atoms. The fourth-order valence-electron chi connectivity index (χ4n) is 3.40. The zero-order chi connectivity index (χ0) is 23.0. The van der Waals surface area contributed by atoms with E-state index in [-0.39, 0.29) is 10.7 Å². The molecule has 1 aromatic carbocycles. The number of carbonyl (C=O) groups excluding carboxylic acids is 1. The molecule has 0 atom stereocenters. The Bertz CT molecular complexity index is 1120. The van der Waals surface area contributed by atoms with Crippen molar-refractivity contribution in [1.82, 2.24) is 9.78 Å². The van der Waals surface area contributed by atoms with Crippen molar-refractivity contribution < 1.29 is 17.9 Å². The average Bonchev–Trinajstić information content (AvgIpc) is 2.90. The first-order valence-electron chi connectivity index (χ1n) is 9.96. The lowest BCUT2D eigenvalue weighted by Gasteiger charge is -2.17. The second-order valence-electron chi connectivity index (χ2n) is 8.43. The smallest absolute Gasteiger partial charge is 0.223 e. The maximum Gasteiger partial charge on any atom is 0.223 e. The fourth-order valence-corrected chi connectivity index (χ4v) is 4.39. The van der Waals surface area contributed by atoms with E-state index in [2.05, 4.69) is 5.10 Å². The summed E-state index contributed by atoms with van der Waals surface area (Å²) in [5.74, 6) is 0.504. The molecule has 0 aliphatic carbocycles. The number of ether oxygens (including phenoxy) is 1. The van der Waals surface area contributed by atoms with E-state index in [0.29, 0.717) is 46.4 Å². The van der Waals surface area contributed by atoms with Gasteiger partial charge in [0.25, 0.3) is 0 Å². The lowest BCUT2D eigenvalue weighted by atomic mass is 9.91. The van der Waals surface area contributed by atoms with Crippen molar-refractivity contribution in [2.45, 2.75) is 53.4 Å². The third kappa shape index (κ3) is 4.67. The topological polar surface area (TPSA) is 78.3 Å². The van der Waals surface area contributed by atoms with Crippen molar-refractivity contribution in [2.24, 2.45) is 13.0 Å². The zero-order valence-electron chi connectivity index (χ0n) is 19.4. The van der Waals surface area contributed by atoms with Crippen LogP contribution in [0.3, 0.4) is 0 Å². The molecular weight excluding hydrogens is 400 g/mol. The summed E-state index contributed by atoms with van der Waals surface area (Å²) >= 11 is 0. The molecule has 0 aliphatic rings. The Morgan fingerprint density at radius 2 is 1.73 bits per heavy atom. The van der Waals surface area contributed by atoms with Gasteiger partial charge in [0.05, 0.1) is 17.2 Å². The standard InChI is InChI=1S/C23H32N2O4S/c1-13(2)12-29-23-21(17(7)24-25(23)8)22(26)18-10-11-19(30(9,27)28)20(16(18)6)15(5)14(3)4/h10-11,13H,12H2,1-9H3. The van der Waals surface area contributed by atoms with Crippen LogP contribution < -0.4 is 4.74 Å². The number of aryl methyl sites for hydroxylation is 2. The maximum absolute atomic E-state index is 13.6. The van der Waals surface area contributed by atoms with Crippen molar-refractivity contribution in [3.63, 3.8) is 0 Å². The number of hydrogen-bond acceptors (Lipinski definition) is 5. The summed E-state index contributed by atoms with van der Waals surface area (Å²) in [7, 11) is -1.71. The Kier molecular flexibility index (Phi) is 6.97. The van der Waals surface area contributed by atoms with E-state index in [1.807, 2.05) is 34.6 Å². The van der Waals surface area contributed by atoms with Crippen LogP contribution in [0.15, 0.2) is 22.6 Å². The van der Waals surface area contributed by atoms with Gasteiger partial charge in [-0.15, -0.1) is 0 Å². The van der Waals surface area contributed by atoms with Crippen LogP contribution in [-0.2, 0) is 16.9 Å². The summed E-state index contributed by atoms with van der Waals surface area (Å²) in [4.78, 5) is 13.8. The minimum Gasteiger partial charge on any atom is -0.477 e. The summed E-state index contributed by atoms with van der Waals surface area (Å²) in [5, 5.41) is 4.37. The molecule has 0 saturated carbocycles. The molecule has 164 valence electrons. The number of nitrogens with zero attached hydrogens (tertiary/aromatic N) is 2. The van der Waals surface area contributed by atoms with Crippen molar-refractivity contribution in [3.05, 3.63) is 45.7 Å². The Balaban J connectivity index is 2.74. The van der Waals surface area contributed by atoms with Gasteiger partial charge in [-0.1, -0.05) is 19.4 Å². The molecule has 1 aromatic heterocycles. The number of sulfone groups is 1. The number of benzene rings is 1. The molecule has 0 unspecified atom stereocenters. The van der Waals surface area contributed by atoms with Gasteiger partial charge >= 0.3 is 0 Å². The Hall–Kier alpha value is -2.41. The highest BCUT2D eigenvalue weighted by Gasteiger charge is 2.27. The molecule has 0 N–H and O–H groups in total. The van der Waals surface area contributed by atoms with E-state index in [1.54, 1.807) is 31.6 Å². The number of allylic oxidation sites excluding steroid dienone is 2. The first-order valence-corrected chi connectivity index (χ1v) is 11.9. The van der Waals surface area contributed by atoms with E-state index in [1.165, 1.54) is 12.3 Å². The van der Waals surface area contributed by atoms with E-state index in [0.717, 1.165) is 11.1 Å². The Labute approximate surface area is 179 Å². The van der Waals surface area contributed by atoms with Gasteiger partial charge in [-0.05, 0) is 69.4 Å². The van der Waals surface area contributed by atoms with Crippen LogP contribution in [0.5, 0.6) is 5.88 Å². The van der Waals surface area contributed by atoms with Gasteiger partial charge < -0.3 is 4.74 Å². The summed E-state index contributed by atoms with van der Waals surface area (Å²) < 4.78 is 32.3. The van der Waals surface area contributed by atoms with Gasteiger partial charge in [0.2, 0.25) is 11.7 Å². The van der Waals surface area contributed by atoms with E-state index in [4.69, 9.17) is 4.74 Å². The first kappa shape index (κ1) is 23.9. The molecule has 0 bridgehead atoms. The molecule has 7 heteroatoms. The normalized spacial score (nSPS) is 11.7. The predicted molar refractivity (Wildman–Crippen MR) is 120 cm³/mol. The number of aromatic nitrogens is 2. The van der Waals surface area contributed by atoms with E-state index >= 15 is 0 Å². The molecular formula is C23H32N2O4S. The van der Waals surface area contributed by atoms with Crippen LogP contribution in [0.1, 0.15) is 67.4 Å². The SMILES string of the molecule is CC(C)=C(C)c1c(S(C)(=O)=O)ccc(C(=O)c2c(C)nn(C)c2OCC(C)C)c1C. The van der Waals surface area contributed by atoms with Gasteiger partial charge in [-0.3, -0.25) is 4.79 Å². The van der Waals surface area contributed by atoms with Crippen LogP contribution in [0.25, 0.3) is 5.57 Å². The third-order valence-corrected chi connectivity index (χ3v) is 6.29. The molecule has 1 heterocycles. The molecule has 2 aromatic rings. The second-order valence-corrected chi connectivity index (χ2v) is 10.4. The minimum absolute atomic E-state index is 0.222. The monoisotopic (exact) mass is 432 g/mol. The molecule has 30 heavy (non-hydrogen) atoms. The molecule has 6 nitrogen and oxygen atoms in total. The third-order valence-electron chi connectivity index (χ3n) is 5.15. The Morgan fingerprint density at radius 1 is 1.13 bits per heavy atom. The van der Waals surface area contributed by atoms with Gasteiger partial charge in [0.1, 0.15) is 5.56 Å². The van der Waals surface area contributed by atoms with Crippen LogP contribution in [0.2, 0.25) is 0 Å². The summed E-state index contributed by atoms with van der Waals surface area (Å²) in [6.45, 7) is 13.8. The highest BCUT2D eigenvalue weighted by Crippen LogP contribution is 2.33. The number of ketones is 1. The van der Waals surface area contributed by atoms with Crippen molar-refractivity contribution in [2.75, 3.05) is 12.9 Å².